The first-order valence-electron chi connectivity index (χ1n) is 8.06. The van der Waals surface area contributed by atoms with E-state index >= 15 is 0 Å². The summed E-state index contributed by atoms with van der Waals surface area (Å²) in [5.41, 5.74) is 0.612. The highest BCUT2D eigenvalue weighted by atomic mass is 16.5. The molecule has 1 fully saturated rings. The molecule has 24 heavy (non-hydrogen) atoms. The number of nitrogens with one attached hydrogen (secondary N) is 1. The summed E-state index contributed by atoms with van der Waals surface area (Å²) in [7, 11) is 2.05. The van der Waals surface area contributed by atoms with Gasteiger partial charge in [0, 0.05) is 25.2 Å². The van der Waals surface area contributed by atoms with Gasteiger partial charge in [-0.25, -0.2) is 0 Å². The van der Waals surface area contributed by atoms with E-state index in [1.165, 1.54) is 6.92 Å². The SMILES string of the molecule is CC(=O)c1cccc(OC(C)c2nc(C3CNCCN3C)no2)c1. The molecule has 0 bridgehead atoms. The Bertz CT molecular complexity index is 715. The number of nitrogens with zero attached hydrogens (tertiary/aromatic N) is 3. The number of benzene rings is 1. The van der Waals surface area contributed by atoms with Gasteiger partial charge in [-0.3, -0.25) is 9.69 Å². The fourth-order valence-electron chi connectivity index (χ4n) is 2.68. The molecule has 0 spiro atoms. The first-order chi connectivity index (χ1) is 11.5. The van der Waals surface area contributed by atoms with Gasteiger partial charge in [0.05, 0.1) is 6.04 Å². The lowest BCUT2D eigenvalue weighted by Crippen LogP contribution is -2.44. The molecule has 0 radical (unpaired) electrons. The van der Waals surface area contributed by atoms with E-state index in [4.69, 9.17) is 9.26 Å². The van der Waals surface area contributed by atoms with Crippen LogP contribution in [-0.2, 0) is 0 Å². The molecule has 0 saturated carbocycles. The largest absolute Gasteiger partial charge is 0.481 e. The Morgan fingerprint density at radius 3 is 3.08 bits per heavy atom. The van der Waals surface area contributed by atoms with Gasteiger partial charge in [0.25, 0.3) is 5.89 Å². The van der Waals surface area contributed by atoms with Crippen molar-refractivity contribution in [3.05, 3.63) is 41.5 Å². The molecule has 1 aliphatic rings. The van der Waals surface area contributed by atoms with E-state index in [0.717, 1.165) is 19.6 Å². The molecule has 7 heteroatoms. The van der Waals surface area contributed by atoms with Crippen LogP contribution < -0.4 is 10.1 Å². The maximum absolute atomic E-state index is 11.5. The van der Waals surface area contributed by atoms with Crippen LogP contribution >= 0.6 is 0 Å². The zero-order valence-corrected chi connectivity index (χ0v) is 14.2. The second kappa shape index (κ2) is 7.11. The number of hydrogen-bond acceptors (Lipinski definition) is 7. The molecule has 3 rings (SSSR count). The average Bonchev–Trinajstić information content (AvgIpc) is 3.05. The van der Waals surface area contributed by atoms with Gasteiger partial charge in [0.2, 0.25) is 0 Å². The van der Waals surface area contributed by atoms with Crippen molar-refractivity contribution in [1.29, 1.82) is 0 Å². The Hall–Kier alpha value is -2.25. The van der Waals surface area contributed by atoms with Crippen molar-refractivity contribution in [2.24, 2.45) is 0 Å². The van der Waals surface area contributed by atoms with Crippen LogP contribution in [0.5, 0.6) is 5.75 Å². The summed E-state index contributed by atoms with van der Waals surface area (Å²) in [5, 5.41) is 7.43. The average molecular weight is 330 g/mol. The summed E-state index contributed by atoms with van der Waals surface area (Å²) in [4.78, 5) is 18.1. The molecule has 7 nitrogen and oxygen atoms in total. The number of carbonyl (C=O) groups is 1. The van der Waals surface area contributed by atoms with Crippen molar-refractivity contribution in [1.82, 2.24) is 20.4 Å². The second-order valence-corrected chi connectivity index (χ2v) is 6.04. The van der Waals surface area contributed by atoms with Gasteiger partial charge >= 0.3 is 0 Å². The molecule has 0 aliphatic carbocycles. The number of piperazine rings is 1. The Labute approximate surface area is 141 Å². The Morgan fingerprint density at radius 1 is 1.50 bits per heavy atom. The number of Topliss-reactive ketones (excluding diaryl/α,β-unsaturated/α-hetero) is 1. The van der Waals surface area contributed by atoms with E-state index in [1.54, 1.807) is 24.3 Å². The number of hydrogen-bond donors (Lipinski definition) is 1. The van der Waals surface area contributed by atoms with Crippen LogP contribution in [0.1, 0.15) is 48.1 Å². The standard InChI is InChI=1S/C17H22N4O3/c1-11(22)13-5-4-6-14(9-13)23-12(2)17-19-16(20-24-17)15-10-18-7-8-21(15)3/h4-6,9,12,15,18H,7-8,10H2,1-3H3. The fraction of sp³-hybridized carbons (Fsp3) is 0.471. The lowest BCUT2D eigenvalue weighted by atomic mass is 10.1. The van der Waals surface area contributed by atoms with Gasteiger partial charge in [-0.05, 0) is 33.0 Å². The molecular weight excluding hydrogens is 308 g/mol. The predicted molar refractivity (Wildman–Crippen MR) is 88.0 cm³/mol. The van der Waals surface area contributed by atoms with Crippen LogP contribution in [0.25, 0.3) is 0 Å². The summed E-state index contributed by atoms with van der Waals surface area (Å²) in [6.45, 7) is 6.08. The zero-order valence-electron chi connectivity index (χ0n) is 14.2. The molecule has 1 N–H and O–H groups in total. The van der Waals surface area contributed by atoms with Crippen LogP contribution in [0.2, 0.25) is 0 Å². The molecule has 1 aliphatic heterocycles. The van der Waals surface area contributed by atoms with E-state index < -0.39 is 6.10 Å². The van der Waals surface area contributed by atoms with E-state index in [2.05, 4.69) is 27.4 Å². The van der Waals surface area contributed by atoms with E-state index in [1.807, 2.05) is 6.92 Å². The van der Waals surface area contributed by atoms with Crippen LogP contribution in [0, 0.1) is 0 Å². The Morgan fingerprint density at radius 2 is 2.33 bits per heavy atom. The van der Waals surface area contributed by atoms with Crippen molar-refractivity contribution in [3.8, 4) is 5.75 Å². The van der Waals surface area contributed by atoms with Gasteiger partial charge in [-0.15, -0.1) is 0 Å². The Kier molecular flexibility index (Phi) is 4.92. The minimum Gasteiger partial charge on any atom is -0.481 e. The van der Waals surface area contributed by atoms with Gasteiger partial charge in [-0.2, -0.15) is 4.98 Å². The van der Waals surface area contributed by atoms with Crippen LogP contribution in [0.3, 0.4) is 0 Å². The molecule has 128 valence electrons. The van der Waals surface area contributed by atoms with Crippen LogP contribution in [-0.4, -0.2) is 47.5 Å². The zero-order chi connectivity index (χ0) is 17.1. The molecule has 2 unspecified atom stereocenters. The maximum atomic E-state index is 11.5. The highest BCUT2D eigenvalue weighted by Crippen LogP contribution is 2.24. The first-order valence-corrected chi connectivity index (χ1v) is 8.06. The summed E-state index contributed by atoms with van der Waals surface area (Å²) in [6, 6.07) is 7.18. The predicted octanol–water partition coefficient (Wildman–Crippen LogP) is 1.99. The van der Waals surface area contributed by atoms with Crippen LogP contribution in [0.4, 0.5) is 0 Å². The monoisotopic (exact) mass is 330 g/mol. The molecule has 1 saturated heterocycles. The second-order valence-electron chi connectivity index (χ2n) is 6.04. The van der Waals surface area contributed by atoms with Gasteiger partial charge < -0.3 is 14.6 Å². The number of ketones is 1. The minimum atomic E-state index is -0.393. The van der Waals surface area contributed by atoms with E-state index in [-0.39, 0.29) is 11.8 Å². The van der Waals surface area contributed by atoms with Gasteiger partial charge in [0.15, 0.2) is 17.7 Å². The first kappa shape index (κ1) is 16.6. The number of rotatable bonds is 5. The molecule has 2 aromatic rings. The number of likely N-dealkylation sites (N-methyl/N-ethyl adjacent to an activating group) is 1. The molecule has 2 heterocycles. The number of carbonyl (C=O) groups excluding carboxylic acids is 1. The Balaban J connectivity index is 1.70. The maximum Gasteiger partial charge on any atom is 0.267 e. The van der Waals surface area contributed by atoms with Crippen molar-refractivity contribution >= 4 is 5.78 Å². The van der Waals surface area contributed by atoms with Crippen molar-refractivity contribution in [2.45, 2.75) is 26.0 Å². The normalized spacial score (nSPS) is 19.9. The third-order valence-corrected chi connectivity index (χ3v) is 4.17. The van der Waals surface area contributed by atoms with Gasteiger partial charge in [0.1, 0.15) is 5.75 Å². The smallest absolute Gasteiger partial charge is 0.267 e. The van der Waals surface area contributed by atoms with Crippen molar-refractivity contribution < 1.29 is 14.1 Å². The third-order valence-electron chi connectivity index (χ3n) is 4.17. The quantitative estimate of drug-likeness (QED) is 0.840. The van der Waals surface area contributed by atoms with Crippen molar-refractivity contribution in [2.75, 3.05) is 26.7 Å². The van der Waals surface area contributed by atoms with Crippen LogP contribution in [0.15, 0.2) is 28.8 Å². The summed E-state index contributed by atoms with van der Waals surface area (Å²) in [6.07, 6.45) is -0.393. The minimum absolute atomic E-state index is 0.000940. The van der Waals surface area contributed by atoms with E-state index in [9.17, 15) is 4.79 Å². The molecular formula is C17H22N4O3. The lowest BCUT2D eigenvalue weighted by molar-refractivity contribution is 0.101. The topological polar surface area (TPSA) is 80.5 Å². The summed E-state index contributed by atoms with van der Waals surface area (Å²) >= 11 is 0. The number of ether oxygens (including phenoxy) is 1. The third kappa shape index (κ3) is 3.63. The fourth-order valence-corrected chi connectivity index (χ4v) is 2.68. The molecule has 0 amide bonds. The number of aromatic nitrogens is 2. The highest BCUT2D eigenvalue weighted by Gasteiger charge is 2.26. The highest BCUT2D eigenvalue weighted by molar-refractivity contribution is 5.94. The molecule has 2 atom stereocenters. The lowest BCUT2D eigenvalue weighted by Gasteiger charge is -2.30. The van der Waals surface area contributed by atoms with Crippen molar-refractivity contribution in [3.63, 3.8) is 0 Å². The van der Waals surface area contributed by atoms with E-state index in [0.29, 0.717) is 23.0 Å². The molecule has 1 aromatic carbocycles. The molecule has 1 aromatic heterocycles. The summed E-state index contributed by atoms with van der Waals surface area (Å²) < 4.78 is 11.2. The summed E-state index contributed by atoms with van der Waals surface area (Å²) in [5.74, 6) is 1.69. The van der Waals surface area contributed by atoms with Gasteiger partial charge in [-0.1, -0.05) is 17.3 Å².